The molecule has 0 aromatic rings. The summed E-state index contributed by atoms with van der Waals surface area (Å²) in [4.78, 5) is 10.6. The molecule has 0 aromatic carbocycles. The van der Waals surface area contributed by atoms with Gasteiger partial charge in [0.05, 0.1) is 5.92 Å². The number of aliphatic carboxylic acids is 1. The minimum absolute atomic E-state index is 0.0382. The van der Waals surface area contributed by atoms with E-state index in [0.717, 1.165) is 0 Å². The van der Waals surface area contributed by atoms with Crippen molar-refractivity contribution >= 4 is 5.97 Å². The normalized spacial score (nSPS) is 32.2. The molecule has 0 radical (unpaired) electrons. The maximum Gasteiger partial charge on any atom is 0.417 e. The molecule has 100 valence electrons. The number of hydrogen-bond acceptors (Lipinski definition) is 2. The average molecular weight is 254 g/mol. The summed E-state index contributed by atoms with van der Waals surface area (Å²) in [5, 5.41) is 18.1. The molecule has 0 heterocycles. The van der Waals surface area contributed by atoms with Crippen LogP contribution in [0.2, 0.25) is 0 Å². The van der Waals surface area contributed by atoms with E-state index in [1.54, 1.807) is 6.92 Å². The third-order valence-corrected chi connectivity index (χ3v) is 3.57. The maximum absolute atomic E-state index is 12.5. The number of halogens is 3. The molecule has 0 saturated heterocycles. The molecular formula is C11H17F3O3. The summed E-state index contributed by atoms with van der Waals surface area (Å²) in [6, 6.07) is 0. The lowest BCUT2D eigenvalue weighted by atomic mass is 9.75. The van der Waals surface area contributed by atoms with E-state index in [2.05, 4.69) is 0 Å². The second-order valence-corrected chi connectivity index (χ2v) is 4.95. The lowest BCUT2D eigenvalue weighted by molar-refractivity contribution is -0.272. The number of rotatable bonds is 3. The smallest absolute Gasteiger partial charge is 0.417 e. The maximum atomic E-state index is 12.5. The molecule has 3 nitrogen and oxygen atoms in total. The molecule has 0 aromatic heterocycles. The van der Waals surface area contributed by atoms with Crippen LogP contribution in [0.3, 0.4) is 0 Å². The van der Waals surface area contributed by atoms with E-state index in [0.29, 0.717) is 6.42 Å². The van der Waals surface area contributed by atoms with Gasteiger partial charge in [0.2, 0.25) is 0 Å². The molecule has 0 spiro atoms. The quantitative estimate of drug-likeness (QED) is 0.813. The largest absolute Gasteiger partial charge is 0.481 e. The summed E-state index contributed by atoms with van der Waals surface area (Å²) in [6.45, 7) is 1.55. The molecule has 17 heavy (non-hydrogen) atoms. The van der Waals surface area contributed by atoms with Gasteiger partial charge in [-0.15, -0.1) is 0 Å². The summed E-state index contributed by atoms with van der Waals surface area (Å²) in [7, 11) is 0. The first-order valence-electron chi connectivity index (χ1n) is 5.67. The topological polar surface area (TPSA) is 57.5 Å². The van der Waals surface area contributed by atoms with Gasteiger partial charge >= 0.3 is 12.1 Å². The number of hydrogen-bond donors (Lipinski definition) is 2. The standard InChI is InChI=1S/C11H17F3O3/c1-7(9(15)16)6-8-2-4-10(17,5-3-8)11(12,13)14/h7-8,17H,2-6H2,1H3,(H,15,16). The molecule has 1 aliphatic rings. The second-order valence-electron chi connectivity index (χ2n) is 4.95. The Morgan fingerprint density at radius 2 is 1.88 bits per heavy atom. The SMILES string of the molecule is CC(CC1CCC(O)(C(F)(F)F)CC1)C(=O)O. The fourth-order valence-electron chi connectivity index (χ4n) is 2.28. The molecule has 1 saturated carbocycles. The van der Waals surface area contributed by atoms with Crippen molar-refractivity contribution in [2.75, 3.05) is 0 Å². The fraction of sp³-hybridized carbons (Fsp3) is 0.909. The number of aliphatic hydroxyl groups is 1. The van der Waals surface area contributed by atoms with Gasteiger partial charge in [-0.3, -0.25) is 4.79 Å². The summed E-state index contributed by atoms with van der Waals surface area (Å²) in [5.41, 5.74) is -2.57. The van der Waals surface area contributed by atoms with Crippen molar-refractivity contribution in [1.29, 1.82) is 0 Å². The first-order valence-corrected chi connectivity index (χ1v) is 5.67. The van der Waals surface area contributed by atoms with Gasteiger partial charge in [0, 0.05) is 0 Å². The van der Waals surface area contributed by atoms with Crippen LogP contribution >= 0.6 is 0 Å². The van der Waals surface area contributed by atoms with Crippen molar-refractivity contribution in [3.63, 3.8) is 0 Å². The van der Waals surface area contributed by atoms with Crippen molar-refractivity contribution in [1.82, 2.24) is 0 Å². The van der Waals surface area contributed by atoms with E-state index in [1.807, 2.05) is 0 Å². The highest BCUT2D eigenvalue weighted by Gasteiger charge is 2.54. The minimum Gasteiger partial charge on any atom is -0.481 e. The van der Waals surface area contributed by atoms with Crippen molar-refractivity contribution in [2.24, 2.45) is 11.8 Å². The zero-order valence-corrected chi connectivity index (χ0v) is 9.63. The van der Waals surface area contributed by atoms with Gasteiger partial charge in [-0.25, -0.2) is 0 Å². The summed E-state index contributed by atoms with van der Waals surface area (Å²) in [6.07, 6.45) is -4.40. The van der Waals surface area contributed by atoms with Crippen LogP contribution in [0.4, 0.5) is 13.2 Å². The van der Waals surface area contributed by atoms with E-state index in [-0.39, 0.29) is 31.6 Å². The number of carboxylic acids is 1. The van der Waals surface area contributed by atoms with Crippen molar-refractivity contribution in [3.8, 4) is 0 Å². The van der Waals surface area contributed by atoms with E-state index >= 15 is 0 Å². The Kier molecular flexibility index (Phi) is 4.06. The number of carbonyl (C=O) groups is 1. The molecule has 0 bridgehead atoms. The summed E-state index contributed by atoms with van der Waals surface area (Å²) >= 11 is 0. The molecule has 6 heteroatoms. The Morgan fingerprint density at radius 3 is 2.24 bits per heavy atom. The lowest BCUT2D eigenvalue weighted by Gasteiger charge is -2.37. The molecule has 2 N–H and O–H groups in total. The monoisotopic (exact) mass is 254 g/mol. The Labute approximate surface area is 97.6 Å². The van der Waals surface area contributed by atoms with Crippen LogP contribution in [0.1, 0.15) is 39.0 Å². The van der Waals surface area contributed by atoms with Crippen molar-refractivity contribution in [3.05, 3.63) is 0 Å². The summed E-state index contributed by atoms with van der Waals surface area (Å²) in [5.74, 6) is -1.51. The van der Waals surface area contributed by atoms with Crippen LogP contribution in [0.15, 0.2) is 0 Å². The molecule has 0 amide bonds. The zero-order valence-electron chi connectivity index (χ0n) is 9.63. The number of alkyl halides is 3. The van der Waals surface area contributed by atoms with Crippen LogP contribution in [0.25, 0.3) is 0 Å². The Balaban J connectivity index is 2.49. The van der Waals surface area contributed by atoms with Crippen LogP contribution in [-0.4, -0.2) is 28.0 Å². The van der Waals surface area contributed by atoms with Gasteiger partial charge < -0.3 is 10.2 Å². The molecule has 1 rings (SSSR count). The molecule has 1 fully saturated rings. The Morgan fingerprint density at radius 1 is 1.41 bits per heavy atom. The highest BCUT2D eigenvalue weighted by molar-refractivity contribution is 5.69. The predicted molar refractivity (Wildman–Crippen MR) is 54.4 cm³/mol. The summed E-state index contributed by atoms with van der Waals surface area (Å²) < 4.78 is 37.5. The second kappa shape index (κ2) is 4.84. The van der Waals surface area contributed by atoms with E-state index in [4.69, 9.17) is 5.11 Å². The predicted octanol–water partition coefficient (Wildman–Crippen LogP) is 2.58. The van der Waals surface area contributed by atoms with Gasteiger partial charge in [0.1, 0.15) is 0 Å². The van der Waals surface area contributed by atoms with E-state index < -0.39 is 23.7 Å². The highest BCUT2D eigenvalue weighted by Crippen LogP contribution is 2.44. The highest BCUT2D eigenvalue weighted by atomic mass is 19.4. The van der Waals surface area contributed by atoms with Crippen LogP contribution < -0.4 is 0 Å². The van der Waals surface area contributed by atoms with Gasteiger partial charge in [0.25, 0.3) is 0 Å². The van der Waals surface area contributed by atoms with Gasteiger partial charge in [0.15, 0.2) is 5.60 Å². The third kappa shape index (κ3) is 3.34. The Bertz CT molecular complexity index is 280. The van der Waals surface area contributed by atoms with Crippen molar-refractivity contribution < 1.29 is 28.2 Å². The molecule has 1 aliphatic carbocycles. The Hall–Kier alpha value is -0.780. The van der Waals surface area contributed by atoms with E-state index in [9.17, 15) is 23.1 Å². The zero-order chi connectivity index (χ0) is 13.3. The lowest BCUT2D eigenvalue weighted by Crippen LogP contribution is -2.47. The first-order chi connectivity index (χ1) is 7.66. The fourth-order valence-corrected chi connectivity index (χ4v) is 2.28. The van der Waals surface area contributed by atoms with E-state index in [1.165, 1.54) is 0 Å². The minimum atomic E-state index is -4.59. The molecule has 1 atom stereocenters. The first kappa shape index (κ1) is 14.3. The third-order valence-electron chi connectivity index (χ3n) is 3.57. The average Bonchev–Trinajstić information content (AvgIpc) is 2.19. The number of carboxylic acid groups (broad SMARTS) is 1. The molecule has 0 aliphatic heterocycles. The van der Waals surface area contributed by atoms with Gasteiger partial charge in [-0.2, -0.15) is 13.2 Å². The molecule has 1 unspecified atom stereocenters. The van der Waals surface area contributed by atoms with Crippen LogP contribution in [0.5, 0.6) is 0 Å². The van der Waals surface area contributed by atoms with Gasteiger partial charge in [-0.1, -0.05) is 6.92 Å². The van der Waals surface area contributed by atoms with Gasteiger partial charge in [-0.05, 0) is 38.0 Å². The van der Waals surface area contributed by atoms with Crippen LogP contribution in [-0.2, 0) is 4.79 Å². The molecular weight excluding hydrogens is 237 g/mol. The van der Waals surface area contributed by atoms with Crippen molar-refractivity contribution in [2.45, 2.75) is 50.8 Å². The van der Waals surface area contributed by atoms with Crippen LogP contribution in [0, 0.1) is 11.8 Å².